The number of ketones is 1. The Morgan fingerprint density at radius 1 is 1.14 bits per heavy atom. The molecule has 2 aromatic carbocycles. The molecule has 0 aliphatic carbocycles. The minimum absolute atomic E-state index is 0.0767. The molecule has 7 nitrogen and oxygen atoms in total. The molecule has 8 heteroatoms. The van der Waals surface area contributed by atoms with E-state index in [0.29, 0.717) is 41.0 Å². The van der Waals surface area contributed by atoms with Gasteiger partial charge in [-0.2, -0.15) is 0 Å². The van der Waals surface area contributed by atoms with E-state index in [-0.39, 0.29) is 16.4 Å². The number of benzene rings is 2. The molecule has 2 heterocycles. The largest absolute Gasteiger partial charge is 0.507 e. The number of amides is 1. The third-order valence-corrected chi connectivity index (χ3v) is 5.99. The van der Waals surface area contributed by atoms with E-state index in [1.807, 2.05) is 6.92 Å². The van der Waals surface area contributed by atoms with E-state index in [0.717, 1.165) is 5.56 Å². The van der Waals surface area contributed by atoms with Crippen molar-refractivity contribution in [3.05, 3.63) is 82.3 Å². The van der Waals surface area contributed by atoms with Crippen LogP contribution >= 0.6 is 11.6 Å². The molecule has 1 aliphatic rings. The first kappa shape index (κ1) is 24.4. The summed E-state index contributed by atoms with van der Waals surface area (Å²) < 4.78 is 16.6. The van der Waals surface area contributed by atoms with E-state index in [9.17, 15) is 14.7 Å². The standard InChI is InChI=1S/C27H26ClNO6/c1-15(2)14-35-20-9-7-17(12-16(20)3)25(30)23-24(22-6-5-11-34-22)29(27(32)26(23)31)18-8-10-21(33-4)19(28)13-18/h5-13,15,24,30H,14H2,1-4H3/b25-23-. The number of carbonyl (C=O) groups is 2. The number of hydrogen-bond donors (Lipinski definition) is 1. The van der Waals surface area contributed by atoms with Crippen molar-refractivity contribution in [2.45, 2.75) is 26.8 Å². The first-order valence-corrected chi connectivity index (χ1v) is 11.5. The predicted octanol–water partition coefficient (Wildman–Crippen LogP) is 5.91. The SMILES string of the molecule is COc1ccc(N2C(=O)C(=O)/C(=C(\O)c3ccc(OCC(C)C)c(C)c3)C2c2ccco2)cc1Cl. The molecule has 1 unspecified atom stereocenters. The van der Waals surface area contributed by atoms with Gasteiger partial charge in [0.05, 0.1) is 30.6 Å². The van der Waals surface area contributed by atoms with Crippen LogP contribution < -0.4 is 14.4 Å². The molecule has 0 radical (unpaired) electrons. The molecule has 1 N–H and O–H groups in total. The zero-order chi connectivity index (χ0) is 25.3. The van der Waals surface area contributed by atoms with Gasteiger partial charge in [0, 0.05) is 11.3 Å². The molecule has 0 bridgehead atoms. The van der Waals surface area contributed by atoms with E-state index in [2.05, 4.69) is 13.8 Å². The van der Waals surface area contributed by atoms with Gasteiger partial charge in [0.15, 0.2) is 0 Å². The Hall–Kier alpha value is -3.71. The van der Waals surface area contributed by atoms with Gasteiger partial charge in [-0.05, 0) is 66.9 Å². The van der Waals surface area contributed by atoms with Gasteiger partial charge in [-0.15, -0.1) is 0 Å². The molecule has 1 saturated heterocycles. The highest BCUT2D eigenvalue weighted by atomic mass is 35.5. The number of carbonyl (C=O) groups excluding carboxylic acids is 2. The van der Waals surface area contributed by atoms with Crippen LogP contribution in [0.25, 0.3) is 5.76 Å². The molecule has 35 heavy (non-hydrogen) atoms. The lowest BCUT2D eigenvalue weighted by Gasteiger charge is -2.24. The molecule has 1 aliphatic heterocycles. The molecular formula is C27H26ClNO6. The summed E-state index contributed by atoms with van der Waals surface area (Å²) in [5.41, 5.74) is 1.47. The molecule has 0 saturated carbocycles. The fraction of sp³-hybridized carbons (Fsp3) is 0.259. The number of methoxy groups -OCH3 is 1. The first-order valence-electron chi connectivity index (χ1n) is 11.1. The Morgan fingerprint density at radius 2 is 1.89 bits per heavy atom. The van der Waals surface area contributed by atoms with Crippen LogP contribution in [0.3, 0.4) is 0 Å². The molecule has 3 aromatic rings. The van der Waals surface area contributed by atoms with Crippen LogP contribution in [0.4, 0.5) is 5.69 Å². The van der Waals surface area contributed by atoms with Crippen LogP contribution in [0.1, 0.15) is 36.8 Å². The second kappa shape index (κ2) is 9.88. The average Bonchev–Trinajstić information content (AvgIpc) is 3.44. The lowest BCUT2D eigenvalue weighted by atomic mass is 9.98. The Morgan fingerprint density at radius 3 is 2.49 bits per heavy atom. The summed E-state index contributed by atoms with van der Waals surface area (Å²) in [7, 11) is 1.48. The van der Waals surface area contributed by atoms with Crippen molar-refractivity contribution in [3.8, 4) is 11.5 Å². The number of halogens is 1. The van der Waals surface area contributed by atoms with Crippen molar-refractivity contribution in [2.75, 3.05) is 18.6 Å². The first-order chi connectivity index (χ1) is 16.7. The number of hydrogen-bond acceptors (Lipinski definition) is 6. The van der Waals surface area contributed by atoms with E-state index >= 15 is 0 Å². The number of ether oxygens (including phenoxy) is 2. The highest BCUT2D eigenvalue weighted by molar-refractivity contribution is 6.51. The van der Waals surface area contributed by atoms with Crippen molar-refractivity contribution < 1.29 is 28.6 Å². The number of furan rings is 1. The van der Waals surface area contributed by atoms with Gasteiger partial charge in [-0.3, -0.25) is 14.5 Å². The fourth-order valence-electron chi connectivity index (χ4n) is 3.99. The lowest BCUT2D eigenvalue weighted by Crippen LogP contribution is -2.29. The minimum Gasteiger partial charge on any atom is -0.507 e. The van der Waals surface area contributed by atoms with Crippen LogP contribution in [0, 0.1) is 12.8 Å². The van der Waals surface area contributed by atoms with Crippen molar-refractivity contribution in [1.29, 1.82) is 0 Å². The number of rotatable bonds is 7. The smallest absolute Gasteiger partial charge is 0.300 e. The summed E-state index contributed by atoms with van der Waals surface area (Å²) in [6.07, 6.45) is 1.45. The molecule has 1 atom stereocenters. The third-order valence-electron chi connectivity index (χ3n) is 5.69. The summed E-state index contributed by atoms with van der Waals surface area (Å²) in [4.78, 5) is 27.7. The highest BCUT2D eigenvalue weighted by Gasteiger charge is 2.48. The number of anilines is 1. The number of nitrogens with zero attached hydrogens (tertiary/aromatic N) is 1. The van der Waals surface area contributed by atoms with Crippen LogP contribution in [0.15, 0.2) is 64.8 Å². The summed E-state index contributed by atoms with van der Waals surface area (Å²) >= 11 is 6.29. The van der Waals surface area contributed by atoms with Crippen molar-refractivity contribution in [1.82, 2.24) is 0 Å². The second-order valence-electron chi connectivity index (χ2n) is 8.69. The monoisotopic (exact) mass is 495 g/mol. The van der Waals surface area contributed by atoms with Crippen molar-refractivity contribution >= 4 is 34.7 Å². The topological polar surface area (TPSA) is 89.2 Å². The lowest BCUT2D eigenvalue weighted by molar-refractivity contribution is -0.132. The molecule has 1 amide bonds. The zero-order valence-corrected chi connectivity index (χ0v) is 20.6. The van der Waals surface area contributed by atoms with Crippen molar-refractivity contribution in [3.63, 3.8) is 0 Å². The maximum Gasteiger partial charge on any atom is 0.300 e. The third kappa shape index (κ3) is 4.64. The highest BCUT2D eigenvalue weighted by Crippen LogP contribution is 2.44. The number of aryl methyl sites for hydroxylation is 1. The molecule has 1 fully saturated rings. The fourth-order valence-corrected chi connectivity index (χ4v) is 4.24. The van der Waals surface area contributed by atoms with Crippen LogP contribution in [-0.2, 0) is 9.59 Å². The van der Waals surface area contributed by atoms with E-state index in [1.54, 1.807) is 42.5 Å². The number of Topliss-reactive ketones (excluding diaryl/α,β-unsaturated/α-hetero) is 1. The maximum absolute atomic E-state index is 13.2. The Kier molecular flexibility index (Phi) is 6.89. The van der Waals surface area contributed by atoms with Gasteiger partial charge < -0.3 is 19.0 Å². The Balaban J connectivity index is 1.81. The summed E-state index contributed by atoms with van der Waals surface area (Å²) in [5, 5.41) is 11.5. The van der Waals surface area contributed by atoms with Gasteiger partial charge in [-0.1, -0.05) is 25.4 Å². The van der Waals surface area contributed by atoms with E-state index < -0.39 is 17.7 Å². The zero-order valence-electron chi connectivity index (χ0n) is 19.9. The Bertz CT molecular complexity index is 1300. The molecular weight excluding hydrogens is 470 g/mol. The van der Waals surface area contributed by atoms with Crippen LogP contribution in [0.5, 0.6) is 11.5 Å². The van der Waals surface area contributed by atoms with E-state index in [4.69, 9.17) is 25.5 Å². The van der Waals surface area contributed by atoms with Gasteiger partial charge in [0.2, 0.25) is 0 Å². The van der Waals surface area contributed by atoms with Crippen LogP contribution in [-0.4, -0.2) is 30.5 Å². The number of aliphatic hydroxyl groups excluding tert-OH is 1. The molecule has 0 spiro atoms. The molecule has 4 rings (SSSR count). The summed E-state index contributed by atoms with van der Waals surface area (Å²) in [6, 6.07) is 12.2. The van der Waals surface area contributed by atoms with Gasteiger partial charge >= 0.3 is 0 Å². The van der Waals surface area contributed by atoms with Gasteiger partial charge in [0.1, 0.15) is 29.1 Å². The van der Waals surface area contributed by atoms with Gasteiger partial charge in [-0.25, -0.2) is 0 Å². The second-order valence-corrected chi connectivity index (χ2v) is 9.10. The molecule has 182 valence electrons. The van der Waals surface area contributed by atoms with Crippen molar-refractivity contribution in [2.24, 2.45) is 5.92 Å². The average molecular weight is 496 g/mol. The minimum atomic E-state index is -0.980. The van der Waals surface area contributed by atoms with Gasteiger partial charge in [0.25, 0.3) is 11.7 Å². The van der Waals surface area contributed by atoms with E-state index in [1.165, 1.54) is 24.3 Å². The normalized spacial score (nSPS) is 17.3. The quantitative estimate of drug-likeness (QED) is 0.249. The number of aliphatic hydroxyl groups is 1. The van der Waals surface area contributed by atoms with Crippen LogP contribution in [0.2, 0.25) is 5.02 Å². The molecule has 1 aromatic heterocycles. The maximum atomic E-state index is 13.2. The Labute approximate surface area is 208 Å². The predicted molar refractivity (Wildman–Crippen MR) is 133 cm³/mol. The summed E-state index contributed by atoms with van der Waals surface area (Å²) in [5.74, 6) is -0.130. The summed E-state index contributed by atoms with van der Waals surface area (Å²) in [6.45, 7) is 6.52.